The highest BCUT2D eigenvalue weighted by Crippen LogP contribution is 2.38. The molecule has 0 bridgehead atoms. The summed E-state index contributed by atoms with van der Waals surface area (Å²) >= 11 is 0. The van der Waals surface area contributed by atoms with E-state index in [4.69, 9.17) is 0 Å². The molecule has 0 N–H and O–H groups in total. The molecule has 1 aliphatic rings. The van der Waals surface area contributed by atoms with Crippen molar-refractivity contribution in [1.82, 2.24) is 0 Å². The highest BCUT2D eigenvalue weighted by Gasteiger charge is 2.21. The summed E-state index contributed by atoms with van der Waals surface area (Å²) in [6.07, 6.45) is 7.86. The highest BCUT2D eigenvalue weighted by molar-refractivity contribution is 5.71. The average Bonchev–Trinajstić information content (AvgIpc) is 2.79. The van der Waals surface area contributed by atoms with E-state index < -0.39 is 17.5 Å². The van der Waals surface area contributed by atoms with Crippen LogP contribution >= 0.6 is 0 Å². The van der Waals surface area contributed by atoms with Crippen LogP contribution in [0.2, 0.25) is 0 Å². The van der Waals surface area contributed by atoms with E-state index in [1.165, 1.54) is 50.2 Å². The van der Waals surface area contributed by atoms with Crippen molar-refractivity contribution in [3.63, 3.8) is 0 Å². The van der Waals surface area contributed by atoms with Crippen LogP contribution in [0, 0.1) is 23.4 Å². The van der Waals surface area contributed by atoms with Crippen molar-refractivity contribution in [2.24, 2.45) is 5.92 Å². The number of rotatable bonds is 5. The molecule has 4 rings (SSSR count). The van der Waals surface area contributed by atoms with Gasteiger partial charge >= 0.3 is 0 Å². The second-order valence-electron chi connectivity index (χ2n) is 8.43. The Labute approximate surface area is 176 Å². The topological polar surface area (TPSA) is 0 Å². The Balaban J connectivity index is 1.47. The third-order valence-electron chi connectivity index (χ3n) is 6.49. The van der Waals surface area contributed by atoms with E-state index in [0.29, 0.717) is 11.5 Å². The van der Waals surface area contributed by atoms with Crippen molar-refractivity contribution < 1.29 is 13.2 Å². The maximum atomic E-state index is 14.0. The van der Waals surface area contributed by atoms with Gasteiger partial charge in [-0.25, -0.2) is 13.2 Å². The summed E-state index contributed by atoms with van der Waals surface area (Å²) in [7, 11) is 0. The van der Waals surface area contributed by atoms with Crippen LogP contribution in [0.4, 0.5) is 13.2 Å². The molecular weight excluding hydrogens is 381 g/mol. The van der Waals surface area contributed by atoms with Crippen molar-refractivity contribution in [1.29, 1.82) is 0 Å². The largest absolute Gasteiger partial charge is 0.204 e. The van der Waals surface area contributed by atoms with Crippen LogP contribution in [0.1, 0.15) is 56.9 Å². The molecule has 0 amide bonds. The zero-order chi connectivity index (χ0) is 21.1. The molecule has 156 valence electrons. The molecule has 1 fully saturated rings. The lowest BCUT2D eigenvalue weighted by molar-refractivity contribution is 0.308. The van der Waals surface area contributed by atoms with Gasteiger partial charge in [-0.15, -0.1) is 0 Å². The lowest BCUT2D eigenvalue weighted by Gasteiger charge is -2.28. The van der Waals surface area contributed by atoms with Crippen molar-refractivity contribution in [2.45, 2.75) is 51.4 Å². The van der Waals surface area contributed by atoms with Crippen LogP contribution < -0.4 is 0 Å². The molecule has 0 heterocycles. The fourth-order valence-electron chi connectivity index (χ4n) is 4.73. The molecule has 1 aliphatic carbocycles. The van der Waals surface area contributed by atoms with Crippen molar-refractivity contribution in [2.75, 3.05) is 0 Å². The minimum absolute atomic E-state index is 0.0643. The van der Waals surface area contributed by atoms with E-state index in [9.17, 15) is 13.2 Å². The van der Waals surface area contributed by atoms with Crippen LogP contribution in [-0.4, -0.2) is 0 Å². The van der Waals surface area contributed by atoms with Gasteiger partial charge in [-0.2, -0.15) is 0 Å². The molecule has 1 saturated carbocycles. The summed E-state index contributed by atoms with van der Waals surface area (Å²) in [6.45, 7) is 2.27. The first kappa shape index (κ1) is 20.7. The lowest BCUT2D eigenvalue weighted by atomic mass is 9.77. The molecule has 3 aromatic rings. The summed E-state index contributed by atoms with van der Waals surface area (Å²) in [5.41, 5.74) is 4.11. The average molecular weight is 409 g/mol. The van der Waals surface area contributed by atoms with Crippen LogP contribution in [0.25, 0.3) is 22.3 Å². The van der Waals surface area contributed by atoms with Gasteiger partial charge in [-0.3, -0.25) is 0 Å². The Morgan fingerprint density at radius 2 is 1.23 bits per heavy atom. The van der Waals surface area contributed by atoms with E-state index in [1.54, 1.807) is 12.1 Å². The SMILES string of the molecule is CCCC1CCC(c2ccc(-c3ccc(-c4ccc(F)c(F)c4F)cc3)cc2)CC1. The predicted octanol–water partition coefficient (Wildman–Crippen LogP) is 8.51. The molecule has 30 heavy (non-hydrogen) atoms. The van der Waals surface area contributed by atoms with E-state index in [0.717, 1.165) is 23.1 Å². The van der Waals surface area contributed by atoms with Crippen molar-refractivity contribution in [3.05, 3.63) is 83.7 Å². The lowest BCUT2D eigenvalue weighted by Crippen LogP contribution is -2.13. The van der Waals surface area contributed by atoms with Gasteiger partial charge in [0, 0.05) is 5.56 Å². The zero-order valence-corrected chi connectivity index (χ0v) is 17.3. The zero-order valence-electron chi connectivity index (χ0n) is 17.3. The van der Waals surface area contributed by atoms with Gasteiger partial charge in [0.05, 0.1) is 0 Å². The Bertz CT molecular complexity index is 982. The van der Waals surface area contributed by atoms with Gasteiger partial charge in [0.2, 0.25) is 0 Å². The van der Waals surface area contributed by atoms with Crippen LogP contribution in [0.15, 0.2) is 60.7 Å². The quantitative estimate of drug-likeness (QED) is 0.371. The van der Waals surface area contributed by atoms with E-state index >= 15 is 0 Å². The normalized spacial score (nSPS) is 19.1. The first-order valence-electron chi connectivity index (χ1n) is 10.9. The van der Waals surface area contributed by atoms with Gasteiger partial charge in [-0.1, -0.05) is 68.3 Å². The summed E-state index contributed by atoms with van der Waals surface area (Å²) < 4.78 is 40.7. The molecule has 0 aromatic heterocycles. The summed E-state index contributed by atoms with van der Waals surface area (Å²) in [6, 6.07) is 18.2. The first-order chi connectivity index (χ1) is 14.6. The summed E-state index contributed by atoms with van der Waals surface area (Å²) in [5, 5.41) is 0. The number of hydrogen-bond donors (Lipinski definition) is 0. The second kappa shape index (κ2) is 9.07. The third-order valence-corrected chi connectivity index (χ3v) is 6.49. The Morgan fingerprint density at radius 1 is 0.667 bits per heavy atom. The molecule has 0 radical (unpaired) electrons. The Morgan fingerprint density at radius 3 is 1.83 bits per heavy atom. The van der Waals surface area contributed by atoms with Crippen LogP contribution in [0.5, 0.6) is 0 Å². The van der Waals surface area contributed by atoms with Gasteiger partial charge in [0.15, 0.2) is 17.5 Å². The first-order valence-corrected chi connectivity index (χ1v) is 10.9. The number of benzene rings is 3. The van der Waals surface area contributed by atoms with E-state index in [2.05, 4.69) is 31.2 Å². The van der Waals surface area contributed by atoms with Crippen molar-refractivity contribution >= 4 is 0 Å². The number of halogens is 3. The van der Waals surface area contributed by atoms with Crippen LogP contribution in [0.3, 0.4) is 0 Å². The molecule has 0 saturated heterocycles. The van der Waals surface area contributed by atoms with Gasteiger partial charge in [0.1, 0.15) is 0 Å². The predicted molar refractivity (Wildman–Crippen MR) is 117 cm³/mol. The molecule has 0 nitrogen and oxygen atoms in total. The molecule has 3 aromatic carbocycles. The minimum atomic E-state index is -1.43. The maximum Gasteiger partial charge on any atom is 0.195 e. The second-order valence-corrected chi connectivity index (χ2v) is 8.43. The molecule has 3 heteroatoms. The molecule has 0 unspecified atom stereocenters. The molecule has 0 spiro atoms. The summed E-state index contributed by atoms with van der Waals surface area (Å²) in [5.74, 6) is -2.20. The highest BCUT2D eigenvalue weighted by atomic mass is 19.2. The van der Waals surface area contributed by atoms with Crippen LogP contribution in [-0.2, 0) is 0 Å². The standard InChI is InChI=1S/C27H27F3/c1-2-3-18-4-6-19(7-5-18)20-8-10-21(11-9-20)22-12-14-23(15-13-22)24-16-17-25(28)27(30)26(24)29/h8-19H,2-7H2,1H3. The number of hydrogen-bond acceptors (Lipinski definition) is 0. The smallest absolute Gasteiger partial charge is 0.195 e. The maximum absolute atomic E-state index is 14.0. The monoisotopic (exact) mass is 408 g/mol. The van der Waals surface area contributed by atoms with Crippen molar-refractivity contribution in [3.8, 4) is 22.3 Å². The molecule has 0 atom stereocenters. The van der Waals surface area contributed by atoms with Gasteiger partial charge in [0.25, 0.3) is 0 Å². The van der Waals surface area contributed by atoms with Gasteiger partial charge in [-0.05, 0) is 71.9 Å². The summed E-state index contributed by atoms with van der Waals surface area (Å²) in [4.78, 5) is 0. The molecular formula is C27H27F3. The molecule has 0 aliphatic heterocycles. The van der Waals surface area contributed by atoms with Gasteiger partial charge < -0.3 is 0 Å². The minimum Gasteiger partial charge on any atom is -0.204 e. The Kier molecular flexibility index (Phi) is 6.26. The fourth-order valence-corrected chi connectivity index (χ4v) is 4.73. The fraction of sp³-hybridized carbons (Fsp3) is 0.333. The van der Waals surface area contributed by atoms with E-state index in [1.807, 2.05) is 12.1 Å². The third kappa shape index (κ3) is 4.30. The Hall–Kier alpha value is -2.55. The van der Waals surface area contributed by atoms with E-state index in [-0.39, 0.29) is 5.56 Å².